The van der Waals surface area contributed by atoms with Crippen LogP contribution >= 0.6 is 11.6 Å². The van der Waals surface area contributed by atoms with E-state index in [1.54, 1.807) is 6.20 Å². The monoisotopic (exact) mass is 255 g/mol. The van der Waals surface area contributed by atoms with Crippen molar-refractivity contribution in [3.63, 3.8) is 0 Å². The number of hydrogen-bond donors (Lipinski definition) is 1. The van der Waals surface area contributed by atoms with Crippen molar-refractivity contribution >= 4 is 17.4 Å². The number of aliphatic hydroxyl groups is 1. The quantitative estimate of drug-likeness (QED) is 0.882. The number of anilines is 1. The fourth-order valence-corrected chi connectivity index (χ4v) is 2.56. The average Bonchev–Trinajstić information content (AvgIpc) is 2.59. The summed E-state index contributed by atoms with van der Waals surface area (Å²) in [6.07, 6.45) is 2.21. The van der Waals surface area contributed by atoms with Gasteiger partial charge in [0.1, 0.15) is 5.82 Å². The number of aliphatic hydroxyl groups excluding tert-OH is 1. The van der Waals surface area contributed by atoms with Crippen molar-refractivity contribution in [2.75, 3.05) is 32.1 Å². The smallest absolute Gasteiger partial charge is 0.147 e. The van der Waals surface area contributed by atoms with E-state index in [-0.39, 0.29) is 12.1 Å². The molecule has 1 aliphatic rings. The lowest BCUT2D eigenvalue weighted by atomic mass is 10.2. The van der Waals surface area contributed by atoms with Gasteiger partial charge in [0.15, 0.2) is 0 Å². The van der Waals surface area contributed by atoms with Crippen molar-refractivity contribution in [1.29, 1.82) is 0 Å². The third-order valence-electron chi connectivity index (χ3n) is 2.98. The molecule has 1 N–H and O–H groups in total. The number of nitrogens with zero attached hydrogens (tertiary/aromatic N) is 3. The second-order valence-corrected chi connectivity index (χ2v) is 5.17. The highest BCUT2D eigenvalue weighted by molar-refractivity contribution is 6.32. The molecule has 2 atom stereocenters. The normalized spacial score (nSPS) is 24.6. The molecule has 1 aliphatic heterocycles. The van der Waals surface area contributed by atoms with E-state index in [2.05, 4.69) is 14.8 Å². The highest BCUT2D eigenvalue weighted by Gasteiger charge is 2.32. The zero-order chi connectivity index (χ0) is 12.4. The van der Waals surface area contributed by atoms with Gasteiger partial charge in [-0.3, -0.25) is 0 Å². The van der Waals surface area contributed by atoms with E-state index >= 15 is 0 Å². The Kier molecular flexibility index (Phi) is 3.86. The first-order chi connectivity index (χ1) is 8.08. The van der Waals surface area contributed by atoms with Gasteiger partial charge in [-0.2, -0.15) is 0 Å². The Bertz CT molecular complexity index is 386. The molecule has 0 bridgehead atoms. The zero-order valence-corrected chi connectivity index (χ0v) is 10.9. The van der Waals surface area contributed by atoms with Gasteiger partial charge in [-0.1, -0.05) is 11.6 Å². The summed E-state index contributed by atoms with van der Waals surface area (Å²) < 4.78 is 0. The lowest BCUT2D eigenvalue weighted by Crippen LogP contribution is -2.38. The number of likely N-dealkylation sites (N-methyl/N-ethyl adjacent to an activating group) is 1. The highest BCUT2D eigenvalue weighted by atomic mass is 35.5. The van der Waals surface area contributed by atoms with Gasteiger partial charge < -0.3 is 14.9 Å². The molecule has 1 aromatic rings. The number of β-amino-alcohol motifs (C(OH)–C–C–N with tert-alkyl or cyclic N) is 1. The molecule has 0 saturated carbocycles. The maximum absolute atomic E-state index is 9.80. The summed E-state index contributed by atoms with van der Waals surface area (Å²) in [4.78, 5) is 8.54. The molecule has 17 heavy (non-hydrogen) atoms. The van der Waals surface area contributed by atoms with Crippen LogP contribution in [0.1, 0.15) is 6.42 Å². The lowest BCUT2D eigenvalue weighted by Gasteiger charge is -2.28. The van der Waals surface area contributed by atoms with Gasteiger partial charge in [-0.15, -0.1) is 0 Å². The van der Waals surface area contributed by atoms with Gasteiger partial charge in [-0.25, -0.2) is 4.98 Å². The molecule has 0 aliphatic carbocycles. The van der Waals surface area contributed by atoms with Crippen LogP contribution in [0.3, 0.4) is 0 Å². The lowest BCUT2D eigenvalue weighted by molar-refractivity contribution is 0.191. The Morgan fingerprint density at radius 1 is 1.59 bits per heavy atom. The fraction of sp³-hybridized carbons (Fsp3) is 0.583. The van der Waals surface area contributed by atoms with Crippen molar-refractivity contribution in [2.24, 2.45) is 0 Å². The van der Waals surface area contributed by atoms with Crippen LogP contribution in [0, 0.1) is 0 Å². The molecular formula is C12H18ClN3O. The molecule has 0 amide bonds. The van der Waals surface area contributed by atoms with E-state index in [0.717, 1.165) is 18.8 Å². The topological polar surface area (TPSA) is 39.6 Å². The summed E-state index contributed by atoms with van der Waals surface area (Å²) in [5.74, 6) is 0.776. The predicted octanol–water partition coefficient (Wildman–Crippen LogP) is 1.24. The number of halogens is 1. The summed E-state index contributed by atoms with van der Waals surface area (Å²) in [5, 5.41) is 10.4. The van der Waals surface area contributed by atoms with E-state index in [1.165, 1.54) is 0 Å². The minimum Gasteiger partial charge on any atom is -0.391 e. The SMILES string of the molecule is CN(C)CC1CC(O)CN1c1ncccc1Cl. The third-order valence-corrected chi connectivity index (χ3v) is 3.27. The molecule has 0 spiro atoms. The fourth-order valence-electron chi connectivity index (χ4n) is 2.33. The zero-order valence-electron chi connectivity index (χ0n) is 10.2. The average molecular weight is 256 g/mol. The van der Waals surface area contributed by atoms with E-state index in [4.69, 9.17) is 11.6 Å². The van der Waals surface area contributed by atoms with Crippen molar-refractivity contribution in [2.45, 2.75) is 18.6 Å². The molecule has 1 fully saturated rings. The van der Waals surface area contributed by atoms with Gasteiger partial charge in [0, 0.05) is 25.3 Å². The summed E-state index contributed by atoms with van der Waals surface area (Å²) in [6, 6.07) is 3.92. The van der Waals surface area contributed by atoms with E-state index in [9.17, 15) is 5.11 Å². The Balaban J connectivity index is 2.21. The van der Waals surface area contributed by atoms with Crippen LogP contribution in [0.5, 0.6) is 0 Å². The Morgan fingerprint density at radius 3 is 3.00 bits per heavy atom. The van der Waals surface area contributed by atoms with Crippen LogP contribution in [-0.4, -0.2) is 54.3 Å². The third kappa shape index (κ3) is 2.89. The minimum absolute atomic E-state index is 0.271. The Labute approximate surface area is 107 Å². The largest absolute Gasteiger partial charge is 0.391 e. The Morgan fingerprint density at radius 2 is 2.35 bits per heavy atom. The summed E-state index contributed by atoms with van der Waals surface area (Å²) in [7, 11) is 4.06. The number of aromatic nitrogens is 1. The number of pyridine rings is 1. The van der Waals surface area contributed by atoms with Gasteiger partial charge in [0.2, 0.25) is 0 Å². The van der Waals surface area contributed by atoms with E-state index in [0.29, 0.717) is 11.6 Å². The van der Waals surface area contributed by atoms with Gasteiger partial charge in [0.05, 0.1) is 11.1 Å². The number of hydrogen-bond acceptors (Lipinski definition) is 4. The van der Waals surface area contributed by atoms with Gasteiger partial charge in [0.25, 0.3) is 0 Å². The second-order valence-electron chi connectivity index (χ2n) is 4.77. The molecule has 4 nitrogen and oxygen atoms in total. The maximum Gasteiger partial charge on any atom is 0.147 e. The molecule has 2 rings (SSSR count). The van der Waals surface area contributed by atoms with Gasteiger partial charge in [-0.05, 0) is 32.6 Å². The Hall–Kier alpha value is -0.840. The summed E-state index contributed by atoms with van der Waals surface area (Å²) in [5.41, 5.74) is 0. The molecule has 1 saturated heterocycles. The minimum atomic E-state index is -0.293. The molecule has 0 radical (unpaired) electrons. The first-order valence-electron chi connectivity index (χ1n) is 5.78. The molecule has 0 aromatic carbocycles. The second kappa shape index (κ2) is 5.21. The summed E-state index contributed by atoms with van der Waals surface area (Å²) >= 11 is 6.15. The molecule has 2 unspecified atom stereocenters. The maximum atomic E-state index is 9.80. The van der Waals surface area contributed by atoms with E-state index < -0.39 is 0 Å². The van der Waals surface area contributed by atoms with Crippen molar-refractivity contribution in [3.8, 4) is 0 Å². The van der Waals surface area contributed by atoms with Crippen LogP contribution in [0.25, 0.3) is 0 Å². The standard InChI is InChI=1S/C12H18ClN3O/c1-15(2)7-9-6-10(17)8-16(9)12-11(13)4-3-5-14-12/h3-5,9-10,17H,6-8H2,1-2H3. The predicted molar refractivity (Wildman–Crippen MR) is 69.6 cm³/mol. The first kappa shape index (κ1) is 12.6. The van der Waals surface area contributed by atoms with Crippen LogP contribution in [0.2, 0.25) is 5.02 Å². The number of rotatable bonds is 3. The highest BCUT2D eigenvalue weighted by Crippen LogP contribution is 2.29. The molecule has 1 aromatic heterocycles. The molecule has 5 heteroatoms. The van der Waals surface area contributed by atoms with Crippen molar-refractivity contribution < 1.29 is 5.11 Å². The molecule has 2 heterocycles. The van der Waals surface area contributed by atoms with Crippen LogP contribution in [0.15, 0.2) is 18.3 Å². The van der Waals surface area contributed by atoms with Crippen molar-refractivity contribution in [1.82, 2.24) is 9.88 Å². The first-order valence-corrected chi connectivity index (χ1v) is 6.15. The van der Waals surface area contributed by atoms with Gasteiger partial charge >= 0.3 is 0 Å². The van der Waals surface area contributed by atoms with Crippen LogP contribution in [-0.2, 0) is 0 Å². The van der Waals surface area contributed by atoms with Crippen molar-refractivity contribution in [3.05, 3.63) is 23.4 Å². The van der Waals surface area contributed by atoms with E-state index in [1.807, 2.05) is 26.2 Å². The van der Waals surface area contributed by atoms with Crippen LogP contribution < -0.4 is 4.90 Å². The molecular weight excluding hydrogens is 238 g/mol. The molecule has 94 valence electrons. The summed E-state index contributed by atoms with van der Waals surface area (Å²) in [6.45, 7) is 1.50. The van der Waals surface area contributed by atoms with Crippen LogP contribution in [0.4, 0.5) is 5.82 Å².